The van der Waals surface area contributed by atoms with Crippen LogP contribution >= 0.6 is 11.6 Å². The number of hydrogen-bond donors (Lipinski definition) is 2. The van der Waals surface area contributed by atoms with Crippen molar-refractivity contribution in [2.75, 3.05) is 24.4 Å². The Balaban J connectivity index is 2.79. The number of rotatable bonds is 6. The van der Waals surface area contributed by atoms with Crippen molar-refractivity contribution in [3.8, 4) is 0 Å². The molecular formula is C14H21ClN2O2. The summed E-state index contributed by atoms with van der Waals surface area (Å²) in [4.78, 5) is 11.0. The Morgan fingerprint density at radius 2 is 2.11 bits per heavy atom. The van der Waals surface area contributed by atoms with Crippen LogP contribution in [0, 0.1) is 5.92 Å². The van der Waals surface area contributed by atoms with Crippen LogP contribution in [0.1, 0.15) is 20.8 Å². The quantitative estimate of drug-likeness (QED) is 0.842. The number of halogens is 1. The Morgan fingerprint density at radius 1 is 1.42 bits per heavy atom. The zero-order valence-corrected chi connectivity index (χ0v) is 12.5. The Morgan fingerprint density at radius 3 is 2.58 bits per heavy atom. The van der Waals surface area contributed by atoms with E-state index in [-0.39, 0.29) is 11.9 Å². The first-order valence-electron chi connectivity index (χ1n) is 6.26. The summed E-state index contributed by atoms with van der Waals surface area (Å²) in [7, 11) is 1.68. The topological polar surface area (TPSA) is 50.4 Å². The zero-order valence-electron chi connectivity index (χ0n) is 11.8. The standard InChI is InChI=1S/C14H21ClN2O2/c1-9(2)14(8-19-4)17-11-5-6-13(12(15)7-11)16-10(3)18/h5-7,9,14,17H,8H2,1-4H3,(H,16,18). The fourth-order valence-corrected chi connectivity index (χ4v) is 1.92. The highest BCUT2D eigenvalue weighted by atomic mass is 35.5. The zero-order chi connectivity index (χ0) is 14.4. The largest absolute Gasteiger partial charge is 0.383 e. The smallest absolute Gasteiger partial charge is 0.221 e. The fourth-order valence-electron chi connectivity index (χ4n) is 1.69. The van der Waals surface area contributed by atoms with E-state index in [1.165, 1.54) is 6.92 Å². The number of benzene rings is 1. The van der Waals surface area contributed by atoms with Crippen LogP contribution < -0.4 is 10.6 Å². The molecule has 0 aliphatic carbocycles. The maximum atomic E-state index is 11.0. The summed E-state index contributed by atoms with van der Waals surface area (Å²) >= 11 is 6.13. The van der Waals surface area contributed by atoms with Gasteiger partial charge in [-0.3, -0.25) is 4.79 Å². The molecular weight excluding hydrogens is 264 g/mol. The van der Waals surface area contributed by atoms with Crippen molar-refractivity contribution in [2.45, 2.75) is 26.8 Å². The van der Waals surface area contributed by atoms with E-state index < -0.39 is 0 Å². The van der Waals surface area contributed by atoms with E-state index in [1.54, 1.807) is 19.2 Å². The fraction of sp³-hybridized carbons (Fsp3) is 0.500. The summed E-state index contributed by atoms with van der Waals surface area (Å²) < 4.78 is 5.19. The lowest BCUT2D eigenvalue weighted by molar-refractivity contribution is -0.114. The molecule has 1 aromatic carbocycles. The summed E-state index contributed by atoms with van der Waals surface area (Å²) in [5.41, 5.74) is 1.53. The van der Waals surface area contributed by atoms with Gasteiger partial charge >= 0.3 is 0 Å². The molecule has 0 spiro atoms. The highest BCUT2D eigenvalue weighted by Gasteiger charge is 2.13. The van der Waals surface area contributed by atoms with Gasteiger partial charge in [0.1, 0.15) is 0 Å². The molecule has 4 nitrogen and oxygen atoms in total. The maximum absolute atomic E-state index is 11.0. The second kappa shape index (κ2) is 7.36. The highest BCUT2D eigenvalue weighted by Crippen LogP contribution is 2.26. The number of carbonyl (C=O) groups is 1. The van der Waals surface area contributed by atoms with E-state index in [0.717, 1.165) is 5.69 Å². The third-order valence-electron chi connectivity index (χ3n) is 2.78. The van der Waals surface area contributed by atoms with Crippen LogP contribution in [0.3, 0.4) is 0 Å². The van der Waals surface area contributed by atoms with E-state index >= 15 is 0 Å². The Hall–Kier alpha value is -1.26. The lowest BCUT2D eigenvalue weighted by atomic mass is 10.1. The Labute approximate surface area is 119 Å². The minimum atomic E-state index is -0.137. The summed E-state index contributed by atoms with van der Waals surface area (Å²) in [6, 6.07) is 5.70. The van der Waals surface area contributed by atoms with Crippen LogP contribution in [0.25, 0.3) is 0 Å². The molecule has 0 aliphatic heterocycles. The van der Waals surface area contributed by atoms with Gasteiger partial charge in [-0.2, -0.15) is 0 Å². The molecule has 1 atom stereocenters. The average molecular weight is 285 g/mol. The molecule has 0 fully saturated rings. The van der Waals surface area contributed by atoms with E-state index in [1.807, 2.05) is 6.07 Å². The van der Waals surface area contributed by atoms with Gasteiger partial charge in [-0.25, -0.2) is 0 Å². The number of ether oxygens (including phenoxy) is 1. The molecule has 0 aromatic heterocycles. The third-order valence-corrected chi connectivity index (χ3v) is 3.10. The van der Waals surface area contributed by atoms with Crippen molar-refractivity contribution in [3.63, 3.8) is 0 Å². The third kappa shape index (κ3) is 5.09. The van der Waals surface area contributed by atoms with Crippen molar-refractivity contribution in [3.05, 3.63) is 23.2 Å². The first kappa shape index (κ1) is 15.8. The summed E-state index contributed by atoms with van der Waals surface area (Å²) in [6.45, 7) is 6.34. The number of anilines is 2. The lowest BCUT2D eigenvalue weighted by Crippen LogP contribution is -2.30. The Bertz CT molecular complexity index is 435. The van der Waals surface area contributed by atoms with Gasteiger partial charge in [0.15, 0.2) is 0 Å². The number of carbonyl (C=O) groups excluding carboxylic acids is 1. The number of methoxy groups -OCH3 is 1. The number of nitrogens with one attached hydrogen (secondary N) is 2. The van der Waals surface area contributed by atoms with Crippen molar-refractivity contribution < 1.29 is 9.53 Å². The molecule has 0 bridgehead atoms. The monoisotopic (exact) mass is 284 g/mol. The van der Waals surface area contributed by atoms with Crippen LogP contribution in [-0.4, -0.2) is 25.7 Å². The molecule has 106 valence electrons. The van der Waals surface area contributed by atoms with E-state index in [0.29, 0.717) is 23.2 Å². The SMILES string of the molecule is COCC(Nc1ccc(NC(C)=O)c(Cl)c1)C(C)C. The summed E-state index contributed by atoms with van der Waals surface area (Å²) in [5.74, 6) is 0.302. The van der Waals surface area contributed by atoms with Gasteiger partial charge in [-0.1, -0.05) is 25.4 Å². The predicted octanol–water partition coefficient (Wildman–Crippen LogP) is 3.38. The number of amides is 1. The molecule has 5 heteroatoms. The van der Waals surface area contributed by atoms with Crippen LogP contribution in [0.2, 0.25) is 5.02 Å². The molecule has 2 N–H and O–H groups in total. The van der Waals surface area contributed by atoms with Gasteiger partial charge in [0.25, 0.3) is 0 Å². The molecule has 0 aliphatic rings. The minimum absolute atomic E-state index is 0.137. The second-order valence-corrected chi connectivity index (χ2v) is 5.23. The van der Waals surface area contributed by atoms with Gasteiger partial charge in [0.05, 0.1) is 23.4 Å². The average Bonchev–Trinajstić information content (AvgIpc) is 2.31. The minimum Gasteiger partial charge on any atom is -0.383 e. The van der Waals surface area contributed by atoms with Crippen LogP contribution in [0.15, 0.2) is 18.2 Å². The van der Waals surface area contributed by atoms with Crippen LogP contribution in [-0.2, 0) is 9.53 Å². The van der Waals surface area contributed by atoms with Gasteiger partial charge in [-0.15, -0.1) is 0 Å². The molecule has 1 unspecified atom stereocenters. The van der Waals surface area contributed by atoms with Crippen molar-refractivity contribution in [1.29, 1.82) is 0 Å². The van der Waals surface area contributed by atoms with E-state index in [2.05, 4.69) is 24.5 Å². The molecule has 1 rings (SSSR count). The van der Waals surface area contributed by atoms with Crippen molar-refractivity contribution >= 4 is 28.9 Å². The molecule has 1 amide bonds. The van der Waals surface area contributed by atoms with E-state index in [9.17, 15) is 4.79 Å². The Kier molecular flexibility index (Phi) is 6.12. The maximum Gasteiger partial charge on any atom is 0.221 e. The van der Waals surface area contributed by atoms with Gasteiger partial charge in [0, 0.05) is 19.7 Å². The van der Waals surface area contributed by atoms with Crippen molar-refractivity contribution in [2.24, 2.45) is 5.92 Å². The first-order valence-corrected chi connectivity index (χ1v) is 6.64. The summed E-state index contributed by atoms with van der Waals surface area (Å²) in [6.07, 6.45) is 0. The van der Waals surface area contributed by atoms with Gasteiger partial charge in [-0.05, 0) is 24.1 Å². The van der Waals surface area contributed by atoms with Crippen LogP contribution in [0.5, 0.6) is 0 Å². The van der Waals surface area contributed by atoms with Gasteiger partial charge in [0.2, 0.25) is 5.91 Å². The molecule has 0 saturated carbocycles. The normalized spacial score (nSPS) is 12.3. The van der Waals surface area contributed by atoms with E-state index in [4.69, 9.17) is 16.3 Å². The first-order chi connectivity index (χ1) is 8.93. The second-order valence-electron chi connectivity index (χ2n) is 4.83. The molecule has 0 radical (unpaired) electrons. The molecule has 19 heavy (non-hydrogen) atoms. The molecule has 1 aromatic rings. The predicted molar refractivity (Wildman–Crippen MR) is 79.9 cm³/mol. The van der Waals surface area contributed by atoms with Gasteiger partial charge < -0.3 is 15.4 Å². The lowest BCUT2D eigenvalue weighted by Gasteiger charge is -2.23. The number of hydrogen-bond acceptors (Lipinski definition) is 3. The van der Waals surface area contributed by atoms with Crippen LogP contribution in [0.4, 0.5) is 11.4 Å². The molecule has 0 saturated heterocycles. The van der Waals surface area contributed by atoms with Crippen molar-refractivity contribution in [1.82, 2.24) is 0 Å². The summed E-state index contributed by atoms with van der Waals surface area (Å²) in [5, 5.41) is 6.57. The highest BCUT2D eigenvalue weighted by molar-refractivity contribution is 6.34. The molecule has 0 heterocycles.